The molecule has 2 aromatic carbocycles. The molecule has 1 aromatic heterocycles. The standard InChI is InChI=1S/C29H30BrF3N3O9P/c1-28(2,26(39)42-16-18-6-4-3-5-7-18)35-46(41,45-21-10-8-20(9-11-21)29(31,32)33)43-17-23-22(37)14-24(44-23)36-15-19(12-13-30)25(38)34-27(36)40/h3-13,15,22-24,37H,14,16-17H2,1-2H3,(H,35,41)(H,34,38,40)/b13-12+. The van der Waals surface area contributed by atoms with Crippen molar-refractivity contribution < 1.29 is 46.2 Å². The van der Waals surface area contributed by atoms with E-state index in [0.29, 0.717) is 17.7 Å². The van der Waals surface area contributed by atoms with Crippen LogP contribution < -0.4 is 20.9 Å². The maximum Gasteiger partial charge on any atom is 0.459 e. The van der Waals surface area contributed by atoms with E-state index < -0.39 is 67.3 Å². The Balaban J connectivity index is 1.53. The van der Waals surface area contributed by atoms with E-state index in [2.05, 4.69) is 26.0 Å². The van der Waals surface area contributed by atoms with Crippen LogP contribution in [0.5, 0.6) is 5.75 Å². The Labute approximate surface area is 268 Å². The van der Waals surface area contributed by atoms with Crippen LogP contribution in [0.15, 0.2) is 75.4 Å². The molecule has 0 amide bonds. The number of benzene rings is 2. The Morgan fingerprint density at radius 2 is 1.85 bits per heavy atom. The molecule has 2 heterocycles. The molecular weight excluding hydrogens is 702 g/mol. The fraction of sp³-hybridized carbons (Fsp3) is 0.345. The molecule has 1 saturated heterocycles. The summed E-state index contributed by atoms with van der Waals surface area (Å²) in [5.41, 5.74) is -3.33. The fourth-order valence-electron chi connectivity index (χ4n) is 4.33. The predicted molar refractivity (Wildman–Crippen MR) is 163 cm³/mol. The number of aliphatic hydroxyl groups excluding tert-OH is 1. The number of carbonyl (C=O) groups excluding carboxylic acids is 1. The number of nitrogens with zero attached hydrogens (tertiary/aromatic N) is 1. The molecule has 0 aliphatic carbocycles. The van der Waals surface area contributed by atoms with Crippen molar-refractivity contribution in [3.05, 3.63) is 103 Å². The van der Waals surface area contributed by atoms with Crippen LogP contribution >= 0.6 is 23.7 Å². The molecule has 1 aliphatic rings. The molecule has 4 atom stereocenters. The van der Waals surface area contributed by atoms with E-state index in [4.69, 9.17) is 18.5 Å². The number of nitrogens with one attached hydrogen (secondary N) is 2. The average molecular weight is 732 g/mol. The molecule has 0 radical (unpaired) electrons. The minimum absolute atomic E-state index is 0.101. The highest BCUT2D eigenvalue weighted by atomic mass is 79.9. The Bertz CT molecular complexity index is 1710. The van der Waals surface area contributed by atoms with Gasteiger partial charge in [0.25, 0.3) is 5.56 Å². The highest BCUT2D eigenvalue weighted by molar-refractivity contribution is 9.11. The maximum absolute atomic E-state index is 14.1. The molecule has 248 valence electrons. The van der Waals surface area contributed by atoms with Crippen LogP contribution in [0.1, 0.15) is 43.2 Å². The van der Waals surface area contributed by atoms with Gasteiger partial charge in [-0.05, 0) is 54.7 Å². The number of esters is 1. The van der Waals surface area contributed by atoms with Crippen molar-refractivity contribution in [1.82, 2.24) is 14.6 Å². The summed E-state index contributed by atoms with van der Waals surface area (Å²) in [6, 6.07) is 12.1. The number of hydrogen-bond acceptors (Lipinski definition) is 9. The van der Waals surface area contributed by atoms with Crippen LogP contribution in [0.3, 0.4) is 0 Å². The Morgan fingerprint density at radius 1 is 1.17 bits per heavy atom. The van der Waals surface area contributed by atoms with Gasteiger partial charge in [0.15, 0.2) is 0 Å². The summed E-state index contributed by atoms with van der Waals surface area (Å²) in [7, 11) is -4.63. The van der Waals surface area contributed by atoms with Gasteiger partial charge in [-0.15, -0.1) is 0 Å². The zero-order valence-corrected chi connectivity index (χ0v) is 26.9. The molecule has 1 fully saturated rings. The zero-order valence-electron chi connectivity index (χ0n) is 24.4. The van der Waals surface area contributed by atoms with Crippen molar-refractivity contribution in [3.63, 3.8) is 0 Å². The van der Waals surface area contributed by atoms with Crippen molar-refractivity contribution in [2.75, 3.05) is 6.61 Å². The lowest BCUT2D eigenvalue weighted by Gasteiger charge is -2.30. The van der Waals surface area contributed by atoms with Crippen molar-refractivity contribution in [1.29, 1.82) is 0 Å². The Kier molecular flexibility index (Phi) is 11.1. The van der Waals surface area contributed by atoms with E-state index in [-0.39, 0.29) is 24.3 Å². The molecule has 3 N–H and O–H groups in total. The number of aliphatic hydroxyl groups is 1. The van der Waals surface area contributed by atoms with Gasteiger partial charge in [0.2, 0.25) is 0 Å². The first-order valence-corrected chi connectivity index (χ1v) is 16.1. The number of hydrogen-bond donors (Lipinski definition) is 3. The van der Waals surface area contributed by atoms with Crippen molar-refractivity contribution in [3.8, 4) is 5.75 Å². The second-order valence-corrected chi connectivity index (χ2v) is 12.9. The van der Waals surface area contributed by atoms with Gasteiger partial charge in [0.05, 0.1) is 23.8 Å². The maximum atomic E-state index is 14.1. The summed E-state index contributed by atoms with van der Waals surface area (Å²) in [6.45, 7) is 1.97. The molecule has 0 saturated carbocycles. The number of ether oxygens (including phenoxy) is 2. The van der Waals surface area contributed by atoms with E-state index in [1.807, 2.05) is 0 Å². The van der Waals surface area contributed by atoms with Crippen LogP contribution in [0, 0.1) is 0 Å². The average Bonchev–Trinajstić information content (AvgIpc) is 3.36. The first-order valence-electron chi connectivity index (χ1n) is 13.7. The molecular formula is C29H30BrF3N3O9P. The van der Waals surface area contributed by atoms with Gasteiger partial charge in [-0.2, -0.15) is 18.3 Å². The minimum Gasteiger partial charge on any atom is -0.459 e. The second kappa shape index (κ2) is 14.5. The zero-order chi connectivity index (χ0) is 33.7. The summed E-state index contributed by atoms with van der Waals surface area (Å²) in [6.07, 6.45) is -5.60. The number of halogens is 4. The highest BCUT2D eigenvalue weighted by Gasteiger charge is 2.43. The molecule has 0 spiro atoms. The Morgan fingerprint density at radius 3 is 2.48 bits per heavy atom. The molecule has 4 unspecified atom stereocenters. The van der Waals surface area contributed by atoms with Crippen LogP contribution in [0.25, 0.3) is 6.08 Å². The number of rotatable bonds is 12. The highest BCUT2D eigenvalue weighted by Crippen LogP contribution is 2.47. The summed E-state index contributed by atoms with van der Waals surface area (Å²) in [5.74, 6) is -1.13. The SMILES string of the molecule is CC(C)(NP(=O)(OCC1OC(n2cc(/C=C/Br)c(=O)[nH]c2=O)CC1O)Oc1ccc(C(F)(F)F)cc1)C(=O)OCc1ccccc1. The van der Waals surface area contributed by atoms with Crippen molar-refractivity contribution >= 4 is 35.7 Å². The summed E-state index contributed by atoms with van der Waals surface area (Å²) < 4.78 is 76.6. The summed E-state index contributed by atoms with van der Waals surface area (Å²) >= 11 is 3.06. The summed E-state index contributed by atoms with van der Waals surface area (Å²) in [4.78, 5) is 41.1. The number of aromatic amines is 1. The third-order valence-corrected chi connectivity index (χ3v) is 8.75. The molecule has 1 aliphatic heterocycles. The number of aromatic nitrogens is 2. The first-order chi connectivity index (χ1) is 21.6. The number of H-pyrrole nitrogens is 1. The summed E-state index contributed by atoms with van der Waals surface area (Å²) in [5, 5.41) is 13.2. The van der Waals surface area contributed by atoms with Gasteiger partial charge in [0, 0.05) is 12.6 Å². The second-order valence-electron chi connectivity index (χ2n) is 10.7. The normalized spacial score (nSPS) is 20.0. The molecule has 0 bridgehead atoms. The number of alkyl halides is 3. The smallest absolute Gasteiger partial charge is 0.459 e. The van der Waals surface area contributed by atoms with Gasteiger partial charge in [0.1, 0.15) is 30.2 Å². The van der Waals surface area contributed by atoms with E-state index in [1.165, 1.54) is 31.1 Å². The van der Waals surface area contributed by atoms with Crippen LogP contribution in [-0.2, 0) is 36.1 Å². The van der Waals surface area contributed by atoms with E-state index in [1.54, 1.807) is 30.3 Å². The quantitative estimate of drug-likeness (QED) is 0.173. The topological polar surface area (TPSA) is 158 Å². The van der Waals surface area contributed by atoms with Gasteiger partial charge in [-0.1, -0.05) is 46.3 Å². The monoisotopic (exact) mass is 731 g/mol. The molecule has 17 heteroatoms. The molecule has 4 rings (SSSR count). The number of carbonyl (C=O) groups is 1. The molecule has 3 aromatic rings. The Hall–Kier alpha value is -3.53. The third kappa shape index (κ3) is 9.05. The first kappa shape index (κ1) is 35.3. The van der Waals surface area contributed by atoms with Crippen LogP contribution in [-0.4, -0.2) is 45.0 Å². The molecule has 12 nitrogen and oxygen atoms in total. The van der Waals surface area contributed by atoms with Gasteiger partial charge in [-0.25, -0.2) is 9.36 Å². The van der Waals surface area contributed by atoms with E-state index in [0.717, 1.165) is 16.7 Å². The minimum atomic E-state index is -4.63. The van der Waals surface area contributed by atoms with Crippen LogP contribution in [0.2, 0.25) is 0 Å². The van der Waals surface area contributed by atoms with Gasteiger partial charge in [-0.3, -0.25) is 23.7 Å². The lowest BCUT2D eigenvalue weighted by Crippen LogP contribution is -2.47. The third-order valence-electron chi connectivity index (χ3n) is 6.71. The van der Waals surface area contributed by atoms with Gasteiger partial charge < -0.3 is 19.1 Å². The molecule has 46 heavy (non-hydrogen) atoms. The lowest BCUT2D eigenvalue weighted by atomic mass is 10.1. The lowest BCUT2D eigenvalue weighted by molar-refractivity contribution is -0.151. The van der Waals surface area contributed by atoms with Crippen molar-refractivity contribution in [2.24, 2.45) is 0 Å². The van der Waals surface area contributed by atoms with E-state index >= 15 is 0 Å². The van der Waals surface area contributed by atoms with Crippen LogP contribution in [0.4, 0.5) is 13.2 Å². The fourth-order valence-corrected chi connectivity index (χ4v) is 6.29. The van der Waals surface area contributed by atoms with E-state index in [9.17, 15) is 37.2 Å². The van der Waals surface area contributed by atoms with Gasteiger partial charge >= 0.3 is 25.6 Å². The predicted octanol–water partition coefficient (Wildman–Crippen LogP) is 4.88. The largest absolute Gasteiger partial charge is 0.459 e. The van der Waals surface area contributed by atoms with Crippen molar-refractivity contribution in [2.45, 2.75) is 57.0 Å².